The van der Waals surface area contributed by atoms with E-state index < -0.39 is 10.7 Å². The van der Waals surface area contributed by atoms with Crippen LogP contribution in [0.1, 0.15) is 11.1 Å². The first-order chi connectivity index (χ1) is 10.0. The normalized spacial score (nSPS) is 10.4. The van der Waals surface area contributed by atoms with Gasteiger partial charge in [-0.2, -0.15) is 0 Å². The molecule has 0 bridgehead atoms. The average Bonchev–Trinajstić information content (AvgIpc) is 2.46. The van der Waals surface area contributed by atoms with Crippen molar-refractivity contribution in [3.05, 3.63) is 67.9 Å². The first-order valence-electron chi connectivity index (χ1n) is 5.91. The molecule has 0 spiro atoms. The summed E-state index contributed by atoms with van der Waals surface area (Å²) in [6.45, 7) is -0.0998. The van der Waals surface area contributed by atoms with Crippen LogP contribution >= 0.6 is 27.5 Å². The highest BCUT2D eigenvalue weighted by Gasteiger charge is 2.15. The Hall–Kier alpha value is -1.66. The van der Waals surface area contributed by atoms with E-state index in [1.165, 1.54) is 0 Å². The fourth-order valence-corrected chi connectivity index (χ4v) is 2.52. The van der Waals surface area contributed by atoms with Crippen molar-refractivity contribution < 1.29 is 14.1 Å². The summed E-state index contributed by atoms with van der Waals surface area (Å²) in [4.78, 5) is 10.3. The summed E-state index contributed by atoms with van der Waals surface area (Å²) in [5, 5.41) is 10.9. The monoisotopic (exact) mass is 373 g/mol. The van der Waals surface area contributed by atoms with Crippen LogP contribution in [0.3, 0.4) is 0 Å². The molecular weight excluding hydrogens is 365 g/mol. The Labute approximate surface area is 133 Å². The van der Waals surface area contributed by atoms with Crippen LogP contribution < -0.4 is 4.74 Å². The molecule has 0 saturated heterocycles. The number of hydrogen-bond donors (Lipinski definition) is 0. The highest BCUT2D eigenvalue weighted by atomic mass is 79.9. The SMILES string of the molecule is O=[N+]([O-])c1ccc(F)cc1COc1ccc(Br)c(CCl)c1. The van der Waals surface area contributed by atoms with E-state index >= 15 is 0 Å². The van der Waals surface area contributed by atoms with Crippen LogP contribution in [0.15, 0.2) is 40.9 Å². The third kappa shape index (κ3) is 3.92. The number of halogens is 3. The Bertz CT molecular complexity index is 681. The van der Waals surface area contributed by atoms with Gasteiger partial charge in [-0.3, -0.25) is 10.1 Å². The van der Waals surface area contributed by atoms with E-state index in [1.54, 1.807) is 18.2 Å². The fraction of sp³-hybridized carbons (Fsp3) is 0.143. The van der Waals surface area contributed by atoms with E-state index in [1.807, 2.05) is 0 Å². The second-order valence-electron chi connectivity index (χ2n) is 4.21. The molecule has 0 atom stereocenters. The standard InChI is InChI=1S/C14H10BrClFNO3/c15-13-3-2-12(6-9(13)7-16)21-8-10-5-11(17)1-4-14(10)18(19)20/h1-6H,7-8H2. The second kappa shape index (κ2) is 6.87. The summed E-state index contributed by atoms with van der Waals surface area (Å²) >= 11 is 9.13. The summed E-state index contributed by atoms with van der Waals surface area (Å²) in [6.07, 6.45) is 0. The molecule has 110 valence electrons. The second-order valence-corrected chi connectivity index (χ2v) is 5.33. The molecule has 2 rings (SSSR count). The number of nitrogens with zero attached hydrogens (tertiary/aromatic N) is 1. The number of benzene rings is 2. The molecule has 0 aliphatic carbocycles. The largest absolute Gasteiger partial charge is 0.489 e. The van der Waals surface area contributed by atoms with Crippen LogP contribution in [0.5, 0.6) is 5.75 Å². The van der Waals surface area contributed by atoms with Crippen molar-refractivity contribution in [1.29, 1.82) is 0 Å². The highest BCUT2D eigenvalue weighted by molar-refractivity contribution is 9.10. The van der Waals surface area contributed by atoms with Crippen molar-refractivity contribution >= 4 is 33.2 Å². The number of nitro benzene ring substituents is 1. The Morgan fingerprint density at radius 3 is 2.67 bits per heavy atom. The summed E-state index contributed by atoms with van der Waals surface area (Å²) in [5.74, 6) is 0.265. The topological polar surface area (TPSA) is 52.4 Å². The van der Waals surface area contributed by atoms with Crippen LogP contribution in [-0.2, 0) is 12.5 Å². The van der Waals surface area contributed by atoms with Gasteiger partial charge in [0, 0.05) is 16.4 Å². The maximum atomic E-state index is 13.2. The van der Waals surface area contributed by atoms with Crippen molar-refractivity contribution in [2.45, 2.75) is 12.5 Å². The molecule has 0 saturated carbocycles. The molecule has 2 aromatic rings. The summed E-state index contributed by atoms with van der Waals surface area (Å²) < 4.78 is 19.5. The van der Waals surface area contributed by atoms with Crippen LogP contribution in [-0.4, -0.2) is 4.92 Å². The van der Waals surface area contributed by atoms with E-state index in [0.29, 0.717) is 11.6 Å². The average molecular weight is 375 g/mol. The van der Waals surface area contributed by atoms with Gasteiger partial charge in [0.25, 0.3) is 5.69 Å². The number of hydrogen-bond acceptors (Lipinski definition) is 3. The number of alkyl halides is 1. The van der Waals surface area contributed by atoms with E-state index in [2.05, 4.69) is 15.9 Å². The highest BCUT2D eigenvalue weighted by Crippen LogP contribution is 2.26. The maximum absolute atomic E-state index is 13.2. The molecule has 4 nitrogen and oxygen atoms in total. The zero-order valence-corrected chi connectivity index (χ0v) is 13.0. The van der Waals surface area contributed by atoms with Gasteiger partial charge in [0.1, 0.15) is 18.2 Å². The number of ether oxygens (including phenoxy) is 1. The van der Waals surface area contributed by atoms with E-state index in [0.717, 1.165) is 28.2 Å². The Kier molecular flexibility index (Phi) is 5.14. The minimum Gasteiger partial charge on any atom is -0.489 e. The molecule has 0 aromatic heterocycles. The van der Waals surface area contributed by atoms with Gasteiger partial charge in [0.15, 0.2) is 0 Å². The molecule has 0 radical (unpaired) electrons. The van der Waals surface area contributed by atoms with Gasteiger partial charge in [-0.15, -0.1) is 11.6 Å². The third-order valence-corrected chi connectivity index (χ3v) is 3.86. The Morgan fingerprint density at radius 1 is 1.24 bits per heavy atom. The molecular formula is C14H10BrClFNO3. The number of rotatable bonds is 5. The zero-order chi connectivity index (χ0) is 15.4. The minimum absolute atomic E-state index is 0.0998. The van der Waals surface area contributed by atoms with Crippen molar-refractivity contribution in [3.8, 4) is 5.75 Å². The first kappa shape index (κ1) is 15.7. The van der Waals surface area contributed by atoms with Crippen LogP contribution in [0.25, 0.3) is 0 Å². The van der Waals surface area contributed by atoms with Crippen molar-refractivity contribution in [1.82, 2.24) is 0 Å². The van der Waals surface area contributed by atoms with E-state index in [-0.39, 0.29) is 17.9 Å². The van der Waals surface area contributed by atoms with Crippen LogP contribution in [0.4, 0.5) is 10.1 Å². The summed E-state index contributed by atoms with van der Waals surface area (Å²) in [7, 11) is 0. The van der Waals surface area contributed by atoms with Crippen LogP contribution in [0, 0.1) is 15.9 Å². The van der Waals surface area contributed by atoms with Gasteiger partial charge in [-0.25, -0.2) is 4.39 Å². The van der Waals surface area contributed by atoms with E-state index in [4.69, 9.17) is 16.3 Å². The maximum Gasteiger partial charge on any atom is 0.276 e. The lowest BCUT2D eigenvalue weighted by Gasteiger charge is -2.09. The lowest BCUT2D eigenvalue weighted by molar-refractivity contribution is -0.385. The molecule has 21 heavy (non-hydrogen) atoms. The van der Waals surface area contributed by atoms with Crippen molar-refractivity contribution in [2.24, 2.45) is 0 Å². The molecule has 0 N–H and O–H groups in total. The Morgan fingerprint density at radius 2 is 2.00 bits per heavy atom. The molecule has 7 heteroatoms. The summed E-state index contributed by atoms with van der Waals surface area (Å²) in [6, 6.07) is 8.46. The Balaban J connectivity index is 2.20. The molecule has 0 aliphatic heterocycles. The fourth-order valence-electron chi connectivity index (χ4n) is 1.75. The summed E-state index contributed by atoms with van der Waals surface area (Å²) in [5.41, 5.74) is 0.837. The van der Waals surface area contributed by atoms with Gasteiger partial charge in [0.2, 0.25) is 0 Å². The lowest BCUT2D eigenvalue weighted by Crippen LogP contribution is -2.01. The molecule has 0 aliphatic rings. The smallest absolute Gasteiger partial charge is 0.276 e. The first-order valence-corrected chi connectivity index (χ1v) is 7.24. The van der Waals surface area contributed by atoms with Gasteiger partial charge in [0.05, 0.1) is 10.5 Å². The van der Waals surface area contributed by atoms with Gasteiger partial charge in [-0.1, -0.05) is 15.9 Å². The van der Waals surface area contributed by atoms with Gasteiger partial charge < -0.3 is 4.74 Å². The molecule has 0 fully saturated rings. The molecule has 0 amide bonds. The predicted octanol–water partition coefficient (Wildman–Crippen LogP) is 4.81. The number of nitro groups is 1. The lowest BCUT2D eigenvalue weighted by atomic mass is 10.2. The van der Waals surface area contributed by atoms with Crippen LogP contribution in [0.2, 0.25) is 0 Å². The zero-order valence-electron chi connectivity index (χ0n) is 10.7. The van der Waals surface area contributed by atoms with Gasteiger partial charge >= 0.3 is 0 Å². The molecule has 0 heterocycles. The molecule has 2 aromatic carbocycles. The van der Waals surface area contributed by atoms with Gasteiger partial charge in [-0.05, 0) is 35.9 Å². The molecule has 0 unspecified atom stereocenters. The predicted molar refractivity (Wildman–Crippen MR) is 81.1 cm³/mol. The van der Waals surface area contributed by atoms with E-state index in [9.17, 15) is 14.5 Å². The van der Waals surface area contributed by atoms with Crippen molar-refractivity contribution in [2.75, 3.05) is 0 Å². The third-order valence-electron chi connectivity index (χ3n) is 2.79. The quantitative estimate of drug-likeness (QED) is 0.428. The minimum atomic E-state index is -0.566. The van der Waals surface area contributed by atoms with Crippen molar-refractivity contribution in [3.63, 3.8) is 0 Å².